The van der Waals surface area contributed by atoms with Crippen molar-refractivity contribution in [3.8, 4) is 0 Å². The monoisotopic (exact) mass is 585 g/mol. The predicted octanol–water partition coefficient (Wildman–Crippen LogP) is 4.37. The summed E-state index contributed by atoms with van der Waals surface area (Å²) in [6, 6.07) is 3.80. The van der Waals surface area contributed by atoms with Crippen LogP contribution in [0.4, 0.5) is 5.69 Å². The molecule has 1 aromatic rings. The molecule has 3 heterocycles. The molecular formula is C32H44ClN3O5. The third-order valence-corrected chi connectivity index (χ3v) is 9.60. The second kappa shape index (κ2) is 12.7. The molecule has 0 radical (unpaired) electrons. The number of aryl methyl sites for hydroxylation is 1. The summed E-state index contributed by atoms with van der Waals surface area (Å²) >= 11 is 6.65. The van der Waals surface area contributed by atoms with Gasteiger partial charge in [0.05, 0.1) is 41.3 Å². The van der Waals surface area contributed by atoms with Gasteiger partial charge in [-0.2, -0.15) is 0 Å². The standard InChI is InChI=1S/C32H44ClN3O5/c1-7-16-34(17-8-2)29(38)25-24-14-15-32(41-24)26(25)30(39)36(23(19-37)20(5)10-4)28(32)31(40)35(18-9-3)27-21(6)12-11-13-22(27)33/h7,9,11-13,20,23-26,28,37H,1,3,8,10,14-19H2,2,4-6H3/t20-,23-,24+,25-,26-,28?,32?/m0/s1. The molecule has 3 fully saturated rings. The molecule has 224 valence electrons. The van der Waals surface area contributed by atoms with E-state index in [-0.39, 0.29) is 36.8 Å². The molecule has 0 aromatic heterocycles. The summed E-state index contributed by atoms with van der Waals surface area (Å²) in [5.74, 6) is -2.39. The Balaban J connectivity index is 1.86. The van der Waals surface area contributed by atoms with Gasteiger partial charge in [-0.05, 0) is 43.7 Å². The van der Waals surface area contributed by atoms with Gasteiger partial charge in [-0.3, -0.25) is 14.4 Å². The summed E-state index contributed by atoms with van der Waals surface area (Å²) in [7, 11) is 0. The van der Waals surface area contributed by atoms with Crippen molar-refractivity contribution in [3.05, 3.63) is 54.1 Å². The molecular weight excluding hydrogens is 542 g/mol. The van der Waals surface area contributed by atoms with Gasteiger partial charge in [0.2, 0.25) is 11.8 Å². The first kappa shape index (κ1) is 31.3. The molecule has 1 aromatic carbocycles. The van der Waals surface area contributed by atoms with Crippen LogP contribution >= 0.6 is 11.6 Å². The van der Waals surface area contributed by atoms with Crippen molar-refractivity contribution in [1.82, 2.24) is 9.80 Å². The summed E-state index contributed by atoms with van der Waals surface area (Å²) in [5.41, 5.74) is 0.180. The molecule has 3 saturated heterocycles. The van der Waals surface area contributed by atoms with Crippen LogP contribution in [0.5, 0.6) is 0 Å². The highest BCUT2D eigenvalue weighted by Gasteiger charge is 2.75. The smallest absolute Gasteiger partial charge is 0.253 e. The molecule has 3 amide bonds. The number of benzene rings is 1. The highest BCUT2D eigenvalue weighted by Crippen LogP contribution is 2.59. The van der Waals surface area contributed by atoms with Crippen molar-refractivity contribution >= 4 is 35.0 Å². The van der Waals surface area contributed by atoms with Crippen LogP contribution in [0.3, 0.4) is 0 Å². The molecule has 41 heavy (non-hydrogen) atoms. The Morgan fingerprint density at radius 1 is 1.24 bits per heavy atom. The summed E-state index contributed by atoms with van der Waals surface area (Å²) < 4.78 is 6.67. The van der Waals surface area contributed by atoms with Crippen LogP contribution in [0.15, 0.2) is 43.5 Å². The fraction of sp³-hybridized carbons (Fsp3) is 0.594. The van der Waals surface area contributed by atoms with Crippen molar-refractivity contribution < 1.29 is 24.2 Å². The Bertz CT molecular complexity index is 1170. The number of fused-ring (bicyclic) bond motifs is 1. The third kappa shape index (κ3) is 5.12. The minimum atomic E-state index is -1.18. The predicted molar refractivity (Wildman–Crippen MR) is 161 cm³/mol. The lowest BCUT2D eigenvalue weighted by molar-refractivity contribution is -0.148. The second-order valence-electron chi connectivity index (χ2n) is 11.7. The fourth-order valence-electron chi connectivity index (χ4n) is 7.28. The minimum Gasteiger partial charge on any atom is -0.394 e. The maximum absolute atomic E-state index is 14.8. The van der Waals surface area contributed by atoms with E-state index in [0.29, 0.717) is 43.1 Å². The number of carbonyl (C=O) groups excluding carboxylic acids is 3. The molecule has 9 heteroatoms. The number of para-hydroxylation sites is 1. The van der Waals surface area contributed by atoms with Gasteiger partial charge in [0.25, 0.3) is 5.91 Å². The number of nitrogens with zero attached hydrogens (tertiary/aromatic N) is 3. The van der Waals surface area contributed by atoms with Crippen molar-refractivity contribution in [2.75, 3.05) is 31.1 Å². The maximum Gasteiger partial charge on any atom is 0.253 e. The number of rotatable bonds is 13. The third-order valence-electron chi connectivity index (χ3n) is 9.29. The van der Waals surface area contributed by atoms with Crippen LogP contribution in [0, 0.1) is 24.7 Å². The second-order valence-corrected chi connectivity index (χ2v) is 12.1. The highest BCUT2D eigenvalue weighted by molar-refractivity contribution is 6.34. The number of hydrogen-bond acceptors (Lipinski definition) is 5. The largest absolute Gasteiger partial charge is 0.394 e. The number of aliphatic hydroxyl groups excluding tert-OH is 1. The SMILES string of the molecule is C=CCN(CCC)C(=O)[C@@H]1[C@H]2C(=O)N([C@@H](CO)[C@@H](C)CC)C(C(=O)N(CC=C)c3c(C)cccc3Cl)C23CC[C@H]1O3. The lowest BCUT2D eigenvalue weighted by atomic mass is 9.70. The number of halogens is 1. The number of carbonyl (C=O) groups is 3. The number of amides is 3. The van der Waals surface area contributed by atoms with E-state index in [1.165, 1.54) is 0 Å². The Morgan fingerprint density at radius 3 is 2.54 bits per heavy atom. The molecule has 8 nitrogen and oxygen atoms in total. The van der Waals surface area contributed by atoms with Crippen molar-refractivity contribution in [2.24, 2.45) is 17.8 Å². The first-order valence-electron chi connectivity index (χ1n) is 14.8. The molecule has 0 saturated carbocycles. The topological polar surface area (TPSA) is 90.4 Å². The van der Waals surface area contributed by atoms with E-state index in [1.807, 2.05) is 39.8 Å². The summed E-state index contributed by atoms with van der Waals surface area (Å²) in [6.07, 6.45) is 5.38. The number of aliphatic hydroxyl groups is 1. The van der Waals surface area contributed by atoms with Crippen LogP contribution in [-0.4, -0.2) is 82.7 Å². The van der Waals surface area contributed by atoms with Crippen molar-refractivity contribution in [3.63, 3.8) is 0 Å². The Hall–Kier alpha value is -2.68. The van der Waals surface area contributed by atoms with Gasteiger partial charge in [0.15, 0.2) is 0 Å². The molecule has 7 atom stereocenters. The van der Waals surface area contributed by atoms with Crippen LogP contribution in [-0.2, 0) is 19.1 Å². The number of hydrogen-bond donors (Lipinski definition) is 1. The molecule has 3 aliphatic heterocycles. The summed E-state index contributed by atoms with van der Waals surface area (Å²) in [6.45, 7) is 16.3. The van der Waals surface area contributed by atoms with Gasteiger partial charge < -0.3 is 24.5 Å². The summed E-state index contributed by atoms with van der Waals surface area (Å²) in [5, 5.41) is 11.0. The first-order valence-corrected chi connectivity index (χ1v) is 15.2. The molecule has 2 bridgehead atoms. The molecule has 4 rings (SSSR count). The zero-order chi connectivity index (χ0) is 30.1. The number of likely N-dealkylation sites (tertiary alicyclic amines) is 1. The van der Waals surface area contributed by atoms with Crippen molar-refractivity contribution in [2.45, 2.75) is 77.2 Å². The average molecular weight is 586 g/mol. The number of ether oxygens (including phenoxy) is 1. The van der Waals surface area contributed by atoms with Gasteiger partial charge in [-0.1, -0.05) is 63.1 Å². The van der Waals surface area contributed by atoms with Gasteiger partial charge in [-0.25, -0.2) is 0 Å². The van der Waals surface area contributed by atoms with Crippen LogP contribution < -0.4 is 4.90 Å². The Labute approximate surface area is 248 Å². The van der Waals surface area contributed by atoms with Crippen LogP contribution in [0.1, 0.15) is 52.0 Å². The minimum absolute atomic E-state index is 0.0897. The molecule has 3 aliphatic rings. The fourth-order valence-corrected chi connectivity index (χ4v) is 7.61. The molecule has 1 N–H and O–H groups in total. The lowest BCUT2D eigenvalue weighted by Gasteiger charge is -2.41. The van der Waals surface area contributed by atoms with E-state index in [9.17, 15) is 19.5 Å². The Kier molecular flexibility index (Phi) is 9.66. The van der Waals surface area contributed by atoms with Crippen LogP contribution in [0.25, 0.3) is 0 Å². The molecule has 0 aliphatic carbocycles. The Morgan fingerprint density at radius 2 is 1.95 bits per heavy atom. The van der Waals surface area contributed by atoms with Gasteiger partial charge in [-0.15, -0.1) is 13.2 Å². The highest BCUT2D eigenvalue weighted by atomic mass is 35.5. The van der Waals surface area contributed by atoms with E-state index < -0.39 is 35.6 Å². The van der Waals surface area contributed by atoms with Gasteiger partial charge in [0.1, 0.15) is 11.6 Å². The van der Waals surface area contributed by atoms with Gasteiger partial charge >= 0.3 is 0 Å². The van der Waals surface area contributed by atoms with Gasteiger partial charge in [0, 0.05) is 19.6 Å². The normalized spacial score (nSPS) is 27.9. The zero-order valence-corrected chi connectivity index (χ0v) is 25.5. The van der Waals surface area contributed by atoms with Crippen LogP contribution in [0.2, 0.25) is 5.02 Å². The van der Waals surface area contributed by atoms with Crippen molar-refractivity contribution in [1.29, 1.82) is 0 Å². The quantitative estimate of drug-likeness (QED) is 0.347. The van der Waals surface area contributed by atoms with E-state index in [4.69, 9.17) is 16.3 Å². The first-order chi connectivity index (χ1) is 19.6. The maximum atomic E-state index is 14.8. The average Bonchev–Trinajstić information content (AvgIpc) is 3.59. The number of anilines is 1. The molecule has 1 spiro atoms. The van der Waals surface area contributed by atoms with E-state index in [1.54, 1.807) is 32.9 Å². The summed E-state index contributed by atoms with van der Waals surface area (Å²) in [4.78, 5) is 48.2. The van der Waals surface area contributed by atoms with E-state index >= 15 is 0 Å². The van der Waals surface area contributed by atoms with E-state index in [0.717, 1.165) is 12.0 Å². The van der Waals surface area contributed by atoms with E-state index in [2.05, 4.69) is 13.2 Å². The zero-order valence-electron chi connectivity index (χ0n) is 24.7. The molecule has 2 unspecified atom stereocenters. The lowest BCUT2D eigenvalue weighted by Crippen LogP contribution is -2.60.